The molecule has 2 aromatic rings. The van der Waals surface area contributed by atoms with Crippen LogP contribution in [0.5, 0.6) is 11.5 Å². The Bertz CT molecular complexity index is 604. The molecule has 1 atom stereocenters. The molecular weight excluding hydrogens is 246 g/mol. The minimum Gasteiger partial charge on any atom is -0.457 e. The quantitative estimate of drug-likeness (QED) is 0.913. The predicted molar refractivity (Wildman–Crippen MR) is 82.3 cm³/mol. The molecule has 20 heavy (non-hydrogen) atoms. The second kappa shape index (κ2) is 5.68. The van der Waals surface area contributed by atoms with Crippen LogP contribution in [0.3, 0.4) is 0 Å². The van der Waals surface area contributed by atoms with Crippen LogP contribution in [0.2, 0.25) is 0 Å². The molecule has 1 aliphatic rings. The SMILES string of the molecule is CC(N)Cc1cccc(Oc2ccc3c(c2)CCC3)c1. The van der Waals surface area contributed by atoms with Gasteiger partial charge in [0.25, 0.3) is 0 Å². The molecule has 0 spiro atoms. The first kappa shape index (κ1) is 13.2. The maximum absolute atomic E-state index is 5.99. The van der Waals surface area contributed by atoms with Crippen molar-refractivity contribution >= 4 is 0 Å². The van der Waals surface area contributed by atoms with E-state index in [1.807, 2.05) is 19.1 Å². The van der Waals surface area contributed by atoms with Crippen molar-refractivity contribution in [2.24, 2.45) is 5.73 Å². The van der Waals surface area contributed by atoms with Gasteiger partial charge < -0.3 is 10.5 Å². The molecule has 2 heteroatoms. The second-order valence-electron chi connectivity index (χ2n) is 5.71. The maximum atomic E-state index is 5.99. The summed E-state index contributed by atoms with van der Waals surface area (Å²) in [7, 11) is 0. The zero-order chi connectivity index (χ0) is 13.9. The topological polar surface area (TPSA) is 35.2 Å². The van der Waals surface area contributed by atoms with Crippen molar-refractivity contribution in [3.05, 3.63) is 59.2 Å². The van der Waals surface area contributed by atoms with Gasteiger partial charge in [0.15, 0.2) is 0 Å². The molecular formula is C18H21NO. The highest BCUT2D eigenvalue weighted by Gasteiger charge is 2.11. The molecule has 1 unspecified atom stereocenters. The Hall–Kier alpha value is -1.80. The van der Waals surface area contributed by atoms with Gasteiger partial charge in [-0.05, 0) is 73.6 Å². The molecule has 0 aliphatic heterocycles. The Morgan fingerprint density at radius 2 is 1.85 bits per heavy atom. The van der Waals surface area contributed by atoms with Gasteiger partial charge >= 0.3 is 0 Å². The van der Waals surface area contributed by atoms with Gasteiger partial charge in [-0.3, -0.25) is 0 Å². The monoisotopic (exact) mass is 267 g/mol. The minimum absolute atomic E-state index is 0.172. The van der Waals surface area contributed by atoms with E-state index in [2.05, 4.69) is 30.3 Å². The molecule has 0 amide bonds. The van der Waals surface area contributed by atoms with Crippen molar-refractivity contribution in [1.82, 2.24) is 0 Å². The van der Waals surface area contributed by atoms with E-state index in [0.29, 0.717) is 0 Å². The van der Waals surface area contributed by atoms with Crippen molar-refractivity contribution in [2.75, 3.05) is 0 Å². The molecule has 0 fully saturated rings. The molecule has 0 aromatic heterocycles. The number of hydrogen-bond acceptors (Lipinski definition) is 2. The molecule has 3 rings (SSSR count). The smallest absolute Gasteiger partial charge is 0.127 e. The van der Waals surface area contributed by atoms with Crippen molar-refractivity contribution in [1.29, 1.82) is 0 Å². The third-order valence-electron chi connectivity index (χ3n) is 3.76. The van der Waals surface area contributed by atoms with Crippen LogP contribution in [0.15, 0.2) is 42.5 Å². The Balaban J connectivity index is 1.77. The molecule has 0 saturated heterocycles. The summed E-state index contributed by atoms with van der Waals surface area (Å²) in [5, 5.41) is 0. The van der Waals surface area contributed by atoms with Gasteiger partial charge in [0.2, 0.25) is 0 Å². The van der Waals surface area contributed by atoms with Crippen LogP contribution in [-0.2, 0) is 19.3 Å². The lowest BCUT2D eigenvalue weighted by molar-refractivity contribution is 0.481. The van der Waals surface area contributed by atoms with Crippen LogP contribution >= 0.6 is 0 Å². The van der Waals surface area contributed by atoms with Crippen LogP contribution in [0.4, 0.5) is 0 Å². The van der Waals surface area contributed by atoms with Crippen LogP contribution in [0.1, 0.15) is 30.0 Å². The van der Waals surface area contributed by atoms with Gasteiger partial charge in [-0.2, -0.15) is 0 Å². The van der Waals surface area contributed by atoms with E-state index in [1.165, 1.54) is 36.0 Å². The fraction of sp³-hybridized carbons (Fsp3) is 0.333. The molecule has 0 heterocycles. The van der Waals surface area contributed by atoms with E-state index in [4.69, 9.17) is 10.5 Å². The summed E-state index contributed by atoms with van der Waals surface area (Å²) >= 11 is 0. The van der Waals surface area contributed by atoms with Crippen molar-refractivity contribution in [2.45, 2.75) is 38.6 Å². The van der Waals surface area contributed by atoms with Crippen LogP contribution in [0.25, 0.3) is 0 Å². The summed E-state index contributed by atoms with van der Waals surface area (Å²) < 4.78 is 5.99. The standard InChI is InChI=1S/C18H21NO/c1-13(19)10-14-4-2-7-17(11-14)20-18-9-8-15-5-3-6-16(15)12-18/h2,4,7-9,11-13H,3,5-6,10,19H2,1H3. The fourth-order valence-electron chi connectivity index (χ4n) is 2.86. The van der Waals surface area contributed by atoms with E-state index in [9.17, 15) is 0 Å². The summed E-state index contributed by atoms with van der Waals surface area (Å²) in [5.41, 5.74) is 9.98. The number of rotatable bonds is 4. The molecule has 104 valence electrons. The van der Waals surface area contributed by atoms with Crippen molar-refractivity contribution < 1.29 is 4.74 Å². The molecule has 0 saturated carbocycles. The van der Waals surface area contributed by atoms with E-state index < -0.39 is 0 Å². The molecule has 0 bridgehead atoms. The number of fused-ring (bicyclic) bond motifs is 1. The number of hydrogen-bond donors (Lipinski definition) is 1. The molecule has 0 radical (unpaired) electrons. The third-order valence-corrected chi connectivity index (χ3v) is 3.76. The average Bonchev–Trinajstić information content (AvgIpc) is 2.85. The Kier molecular flexibility index (Phi) is 3.75. The van der Waals surface area contributed by atoms with Crippen molar-refractivity contribution in [3.63, 3.8) is 0 Å². The van der Waals surface area contributed by atoms with Gasteiger partial charge in [-0.1, -0.05) is 18.2 Å². The second-order valence-corrected chi connectivity index (χ2v) is 5.71. The Labute approximate surface area is 120 Å². The third kappa shape index (κ3) is 3.02. The van der Waals surface area contributed by atoms with Gasteiger partial charge in [0.1, 0.15) is 11.5 Å². The molecule has 2 N–H and O–H groups in total. The first-order chi connectivity index (χ1) is 9.70. The molecule has 2 nitrogen and oxygen atoms in total. The average molecular weight is 267 g/mol. The van der Waals surface area contributed by atoms with Gasteiger partial charge in [0, 0.05) is 6.04 Å². The first-order valence-electron chi connectivity index (χ1n) is 7.35. The Morgan fingerprint density at radius 1 is 1.05 bits per heavy atom. The zero-order valence-corrected chi connectivity index (χ0v) is 11.9. The number of ether oxygens (including phenoxy) is 1. The first-order valence-corrected chi connectivity index (χ1v) is 7.35. The van der Waals surface area contributed by atoms with Crippen LogP contribution in [-0.4, -0.2) is 6.04 Å². The van der Waals surface area contributed by atoms with Crippen LogP contribution < -0.4 is 10.5 Å². The van der Waals surface area contributed by atoms with E-state index in [0.717, 1.165) is 17.9 Å². The lowest BCUT2D eigenvalue weighted by atomic mass is 10.1. The number of aryl methyl sites for hydroxylation is 2. The highest BCUT2D eigenvalue weighted by Crippen LogP contribution is 2.29. The van der Waals surface area contributed by atoms with E-state index >= 15 is 0 Å². The van der Waals surface area contributed by atoms with Gasteiger partial charge in [-0.15, -0.1) is 0 Å². The minimum atomic E-state index is 0.172. The fourth-order valence-corrected chi connectivity index (χ4v) is 2.86. The summed E-state index contributed by atoms with van der Waals surface area (Å²) in [6.07, 6.45) is 4.53. The summed E-state index contributed by atoms with van der Waals surface area (Å²) in [6, 6.07) is 14.8. The van der Waals surface area contributed by atoms with Crippen LogP contribution in [0, 0.1) is 0 Å². The number of nitrogens with two attached hydrogens (primary N) is 1. The molecule has 1 aliphatic carbocycles. The highest BCUT2D eigenvalue weighted by molar-refractivity contribution is 5.41. The van der Waals surface area contributed by atoms with E-state index in [1.54, 1.807) is 0 Å². The zero-order valence-electron chi connectivity index (χ0n) is 11.9. The van der Waals surface area contributed by atoms with Gasteiger partial charge in [-0.25, -0.2) is 0 Å². The summed E-state index contributed by atoms with van der Waals surface area (Å²) in [6.45, 7) is 2.02. The normalized spacial score (nSPS) is 14.9. The van der Waals surface area contributed by atoms with Gasteiger partial charge in [0.05, 0.1) is 0 Å². The highest BCUT2D eigenvalue weighted by atomic mass is 16.5. The number of benzene rings is 2. The predicted octanol–water partition coefficient (Wildman–Crippen LogP) is 3.86. The summed E-state index contributed by atoms with van der Waals surface area (Å²) in [4.78, 5) is 0. The summed E-state index contributed by atoms with van der Waals surface area (Å²) in [5.74, 6) is 1.82. The van der Waals surface area contributed by atoms with Crippen molar-refractivity contribution in [3.8, 4) is 11.5 Å². The van der Waals surface area contributed by atoms with E-state index in [-0.39, 0.29) is 6.04 Å². The molecule has 2 aromatic carbocycles. The lowest BCUT2D eigenvalue weighted by Gasteiger charge is -2.10. The largest absolute Gasteiger partial charge is 0.457 e. The maximum Gasteiger partial charge on any atom is 0.127 e. The Morgan fingerprint density at radius 3 is 2.70 bits per heavy atom. The lowest BCUT2D eigenvalue weighted by Crippen LogP contribution is -2.17.